The molecule has 0 bridgehead atoms. The van der Waals surface area contributed by atoms with Crippen molar-refractivity contribution >= 4 is 51.2 Å². The first-order valence-electron chi connectivity index (χ1n) is 11.2. The summed E-state index contributed by atoms with van der Waals surface area (Å²) < 4.78 is 26.4. The maximum Gasteiger partial charge on any atom is 0.324 e. The second-order valence-corrected chi connectivity index (χ2v) is 9.87. The van der Waals surface area contributed by atoms with Gasteiger partial charge in [0, 0.05) is 65.7 Å². The third kappa shape index (κ3) is 5.79. The van der Waals surface area contributed by atoms with E-state index >= 15 is 0 Å². The number of thiophene rings is 1. The number of amides is 2. The van der Waals surface area contributed by atoms with E-state index in [0.717, 1.165) is 62.3 Å². The molecule has 0 spiro atoms. The normalized spacial score (nSPS) is 13.2. The number of pyridine rings is 1. The van der Waals surface area contributed by atoms with Crippen LogP contribution < -0.4 is 5.32 Å². The van der Waals surface area contributed by atoms with Crippen molar-refractivity contribution in [3.8, 4) is 11.1 Å². The number of halogens is 3. The highest BCUT2D eigenvalue weighted by atomic mass is 35.5. The number of urea groups is 1. The van der Waals surface area contributed by atoms with Crippen LogP contribution in [0.5, 0.6) is 0 Å². The zero-order valence-corrected chi connectivity index (χ0v) is 20.7. The van der Waals surface area contributed by atoms with E-state index in [1.54, 1.807) is 13.2 Å². The molecular weight excluding hydrogens is 494 g/mol. The lowest BCUT2D eigenvalue weighted by Crippen LogP contribution is -2.38. The Balaban J connectivity index is 1.61. The van der Waals surface area contributed by atoms with Gasteiger partial charge in [-0.25, -0.2) is 13.6 Å². The molecule has 1 aromatic carbocycles. The Morgan fingerprint density at radius 1 is 1.31 bits per heavy atom. The van der Waals surface area contributed by atoms with E-state index in [0.29, 0.717) is 11.3 Å². The Hall–Kier alpha value is -3.04. The largest absolute Gasteiger partial charge is 0.384 e. The predicted molar refractivity (Wildman–Crippen MR) is 136 cm³/mol. The second-order valence-electron chi connectivity index (χ2n) is 8.29. The van der Waals surface area contributed by atoms with Crippen LogP contribution in [0.4, 0.5) is 19.3 Å². The average Bonchev–Trinajstić information content (AvgIpc) is 3.25. The molecule has 0 atom stereocenters. The summed E-state index contributed by atoms with van der Waals surface area (Å²) >= 11 is 7.97. The number of allylic oxidation sites excluding steroid dienone is 1. The van der Waals surface area contributed by atoms with Gasteiger partial charge in [-0.1, -0.05) is 11.6 Å². The van der Waals surface area contributed by atoms with Gasteiger partial charge in [0.25, 0.3) is 0 Å². The molecule has 1 aliphatic heterocycles. The van der Waals surface area contributed by atoms with Crippen molar-refractivity contribution in [2.24, 2.45) is 0 Å². The minimum absolute atomic E-state index is 0.184. The molecule has 6 nitrogen and oxygen atoms in total. The van der Waals surface area contributed by atoms with Crippen LogP contribution >= 0.6 is 22.9 Å². The van der Waals surface area contributed by atoms with E-state index in [-0.39, 0.29) is 13.1 Å². The standard InChI is InChI=1S/C25H25ClF2N4O2S/c1-31(25(34)32(9-3-11-33)10-6-22(27)28)15-18-14-21-24(35-18)19(5-8-29-21)20-13-17(26)12-16-4-2-7-30-23(16)20/h3,5,8-9,11-14,22,30H,2,4,6-7,10,15H2,1H3/b9-3-. The number of rotatable bonds is 8. The lowest BCUT2D eigenvalue weighted by molar-refractivity contribution is -0.104. The summed E-state index contributed by atoms with van der Waals surface area (Å²) in [7, 11) is 1.60. The highest BCUT2D eigenvalue weighted by Gasteiger charge is 2.21. The first-order valence-corrected chi connectivity index (χ1v) is 12.4. The Morgan fingerprint density at radius 2 is 2.14 bits per heavy atom. The third-order valence-electron chi connectivity index (χ3n) is 5.76. The summed E-state index contributed by atoms with van der Waals surface area (Å²) in [6.07, 6.45) is 3.61. The molecule has 0 saturated carbocycles. The molecule has 2 amide bonds. The number of anilines is 1. The van der Waals surface area contributed by atoms with E-state index in [1.165, 1.54) is 28.0 Å². The van der Waals surface area contributed by atoms with Gasteiger partial charge >= 0.3 is 6.03 Å². The van der Waals surface area contributed by atoms with Crippen molar-refractivity contribution in [1.82, 2.24) is 14.8 Å². The molecule has 35 heavy (non-hydrogen) atoms. The number of alkyl halides is 2. The zero-order chi connectivity index (χ0) is 24.9. The maximum absolute atomic E-state index is 12.9. The van der Waals surface area contributed by atoms with Gasteiger partial charge in [-0.15, -0.1) is 11.3 Å². The van der Waals surface area contributed by atoms with E-state index in [9.17, 15) is 18.4 Å². The number of nitrogens with zero attached hydrogens (tertiary/aromatic N) is 3. The van der Waals surface area contributed by atoms with Gasteiger partial charge in [-0.3, -0.25) is 9.78 Å². The first kappa shape index (κ1) is 25.1. The van der Waals surface area contributed by atoms with Crippen LogP contribution in [0.15, 0.2) is 42.7 Å². The van der Waals surface area contributed by atoms with Crippen LogP contribution in [0.2, 0.25) is 5.02 Å². The van der Waals surface area contributed by atoms with Crippen LogP contribution in [0.3, 0.4) is 0 Å². The van der Waals surface area contributed by atoms with Gasteiger partial charge in [-0.05, 0) is 48.7 Å². The fourth-order valence-electron chi connectivity index (χ4n) is 4.18. The molecule has 3 heterocycles. The quantitative estimate of drug-likeness (QED) is 0.285. The van der Waals surface area contributed by atoms with Gasteiger partial charge in [0.15, 0.2) is 0 Å². The maximum atomic E-state index is 12.9. The molecule has 1 N–H and O–H groups in total. The average molecular weight is 519 g/mol. The summed E-state index contributed by atoms with van der Waals surface area (Å²) in [5.74, 6) is 0. The number of aryl methyl sites for hydroxylation is 1. The molecule has 184 valence electrons. The SMILES string of the molecule is CN(Cc1cc2nccc(-c3cc(Cl)cc4c3NCCC4)c2s1)C(=O)N(/C=C\C=O)CCC(F)F. The lowest BCUT2D eigenvalue weighted by atomic mass is 9.95. The number of benzene rings is 1. The molecule has 4 rings (SSSR count). The van der Waals surface area contributed by atoms with Crippen molar-refractivity contribution in [2.45, 2.75) is 32.2 Å². The number of hydrogen-bond acceptors (Lipinski definition) is 5. The summed E-state index contributed by atoms with van der Waals surface area (Å²) in [5.41, 5.74) is 5.13. The predicted octanol–water partition coefficient (Wildman–Crippen LogP) is 6.20. The number of fused-ring (bicyclic) bond motifs is 2. The number of hydrogen-bond donors (Lipinski definition) is 1. The van der Waals surface area contributed by atoms with Gasteiger partial charge in [0.05, 0.1) is 16.8 Å². The summed E-state index contributed by atoms with van der Waals surface area (Å²) in [4.78, 5) is 31.5. The molecule has 0 radical (unpaired) electrons. The molecular formula is C25H25ClF2N4O2S. The lowest BCUT2D eigenvalue weighted by Gasteiger charge is -2.25. The number of aldehydes is 1. The first-order chi connectivity index (χ1) is 16.9. The van der Waals surface area contributed by atoms with Crippen LogP contribution in [0.25, 0.3) is 21.3 Å². The molecule has 2 aromatic heterocycles. The minimum atomic E-state index is -2.54. The van der Waals surface area contributed by atoms with Gasteiger partial charge in [-0.2, -0.15) is 0 Å². The van der Waals surface area contributed by atoms with Crippen molar-refractivity contribution in [1.29, 1.82) is 0 Å². The number of aromatic nitrogens is 1. The molecule has 0 fully saturated rings. The molecule has 3 aromatic rings. The van der Waals surface area contributed by atoms with Crippen molar-refractivity contribution in [3.63, 3.8) is 0 Å². The van der Waals surface area contributed by atoms with Crippen molar-refractivity contribution in [2.75, 3.05) is 25.5 Å². The molecule has 0 aliphatic carbocycles. The Kier molecular flexibility index (Phi) is 7.97. The smallest absolute Gasteiger partial charge is 0.324 e. The fourth-order valence-corrected chi connectivity index (χ4v) is 5.62. The highest BCUT2D eigenvalue weighted by Crippen LogP contribution is 2.41. The van der Waals surface area contributed by atoms with Gasteiger partial charge in [0.1, 0.15) is 6.29 Å². The summed E-state index contributed by atoms with van der Waals surface area (Å²) in [6, 6.07) is 7.40. The highest BCUT2D eigenvalue weighted by molar-refractivity contribution is 7.19. The van der Waals surface area contributed by atoms with Crippen LogP contribution in [-0.2, 0) is 17.8 Å². The number of carbonyl (C=O) groups excluding carboxylic acids is 2. The van der Waals surface area contributed by atoms with Gasteiger partial charge in [0.2, 0.25) is 6.43 Å². The van der Waals surface area contributed by atoms with Crippen LogP contribution in [0, 0.1) is 0 Å². The Bertz CT molecular complexity index is 1260. The Labute approximate surface area is 211 Å². The number of carbonyl (C=O) groups is 2. The van der Waals surface area contributed by atoms with E-state index in [4.69, 9.17) is 11.6 Å². The summed E-state index contributed by atoms with van der Waals surface area (Å²) in [6.45, 7) is 0.987. The summed E-state index contributed by atoms with van der Waals surface area (Å²) in [5, 5.41) is 4.19. The van der Waals surface area contributed by atoms with Crippen molar-refractivity contribution in [3.05, 3.63) is 58.2 Å². The fraction of sp³-hybridized carbons (Fsp3) is 0.320. The van der Waals surface area contributed by atoms with E-state index < -0.39 is 18.9 Å². The van der Waals surface area contributed by atoms with Crippen molar-refractivity contribution < 1.29 is 18.4 Å². The molecule has 10 heteroatoms. The molecule has 0 unspecified atom stereocenters. The third-order valence-corrected chi connectivity index (χ3v) is 7.12. The zero-order valence-electron chi connectivity index (χ0n) is 19.1. The second kappa shape index (κ2) is 11.1. The van der Waals surface area contributed by atoms with Crippen LogP contribution in [-0.4, -0.2) is 53.7 Å². The molecule has 1 aliphatic rings. The topological polar surface area (TPSA) is 65.5 Å². The monoisotopic (exact) mass is 518 g/mol. The van der Waals surface area contributed by atoms with E-state index in [2.05, 4.69) is 10.3 Å². The minimum Gasteiger partial charge on any atom is -0.384 e. The number of nitrogens with one attached hydrogen (secondary N) is 1. The van der Waals surface area contributed by atoms with E-state index in [1.807, 2.05) is 24.3 Å². The van der Waals surface area contributed by atoms with Gasteiger partial charge < -0.3 is 15.1 Å². The van der Waals surface area contributed by atoms with Crippen LogP contribution in [0.1, 0.15) is 23.3 Å². The molecule has 0 saturated heterocycles. The Morgan fingerprint density at radius 3 is 2.91 bits per heavy atom.